The summed E-state index contributed by atoms with van der Waals surface area (Å²) in [6.45, 7) is 6.43. The average molecular weight is 246 g/mol. The predicted molar refractivity (Wildman–Crippen MR) is 70.9 cm³/mol. The molecule has 0 spiro atoms. The second-order valence-corrected chi connectivity index (χ2v) is 5.38. The molecule has 1 saturated heterocycles. The Morgan fingerprint density at radius 2 is 1.94 bits per heavy atom. The topological polar surface area (TPSA) is 27.0 Å². The number of halogens is 1. The van der Waals surface area contributed by atoms with Crippen LogP contribution < -0.4 is 4.90 Å². The van der Waals surface area contributed by atoms with Crippen LogP contribution in [0.2, 0.25) is 0 Å². The molecular weight excluding hydrogens is 227 g/mol. The van der Waals surface area contributed by atoms with Gasteiger partial charge in [0.15, 0.2) is 0 Å². The van der Waals surface area contributed by atoms with Crippen molar-refractivity contribution in [1.82, 2.24) is 0 Å². The zero-order valence-electron chi connectivity index (χ0n) is 11.0. The SMILES string of the molecule is CC(C)C1CCN(c2cc(F)cc(C#N)c2)CC1. The second-order valence-electron chi connectivity index (χ2n) is 5.38. The Balaban J connectivity index is 2.10. The zero-order chi connectivity index (χ0) is 13.1. The normalized spacial score (nSPS) is 16.9. The molecule has 0 N–H and O–H groups in total. The van der Waals surface area contributed by atoms with Crippen LogP contribution in [-0.4, -0.2) is 13.1 Å². The molecule has 0 unspecified atom stereocenters. The number of anilines is 1. The quantitative estimate of drug-likeness (QED) is 0.797. The molecule has 1 heterocycles. The third-order valence-corrected chi connectivity index (χ3v) is 3.86. The largest absolute Gasteiger partial charge is 0.371 e. The minimum absolute atomic E-state index is 0.324. The third kappa shape index (κ3) is 2.81. The summed E-state index contributed by atoms with van der Waals surface area (Å²) in [6.07, 6.45) is 2.30. The molecule has 96 valence electrons. The number of rotatable bonds is 2. The molecule has 1 aliphatic rings. The summed E-state index contributed by atoms with van der Waals surface area (Å²) in [7, 11) is 0. The molecule has 1 fully saturated rings. The van der Waals surface area contributed by atoms with Crippen LogP contribution in [0.3, 0.4) is 0 Å². The lowest BCUT2D eigenvalue weighted by Gasteiger charge is -2.35. The van der Waals surface area contributed by atoms with Gasteiger partial charge in [-0.05, 0) is 42.9 Å². The van der Waals surface area contributed by atoms with Crippen molar-refractivity contribution in [1.29, 1.82) is 5.26 Å². The average Bonchev–Trinajstić information content (AvgIpc) is 2.38. The van der Waals surface area contributed by atoms with Crippen molar-refractivity contribution in [3.63, 3.8) is 0 Å². The second kappa shape index (κ2) is 5.39. The molecule has 1 aromatic rings. The summed E-state index contributed by atoms with van der Waals surface area (Å²) in [5.41, 5.74) is 1.24. The van der Waals surface area contributed by atoms with Gasteiger partial charge in [-0.1, -0.05) is 13.8 Å². The summed E-state index contributed by atoms with van der Waals surface area (Å²) in [5.74, 6) is 1.16. The van der Waals surface area contributed by atoms with E-state index in [2.05, 4.69) is 18.7 Å². The molecule has 0 amide bonds. The first-order chi connectivity index (χ1) is 8.60. The summed E-state index contributed by atoms with van der Waals surface area (Å²) in [4.78, 5) is 2.18. The van der Waals surface area contributed by atoms with Crippen LogP contribution >= 0.6 is 0 Å². The van der Waals surface area contributed by atoms with Crippen molar-refractivity contribution in [2.24, 2.45) is 11.8 Å². The fourth-order valence-electron chi connectivity index (χ4n) is 2.65. The molecule has 0 radical (unpaired) electrons. The Morgan fingerprint density at radius 3 is 2.50 bits per heavy atom. The van der Waals surface area contributed by atoms with Crippen LogP contribution in [0.1, 0.15) is 32.3 Å². The van der Waals surface area contributed by atoms with Crippen LogP contribution in [0.4, 0.5) is 10.1 Å². The highest BCUT2D eigenvalue weighted by molar-refractivity contribution is 5.52. The predicted octanol–water partition coefficient (Wildman–Crippen LogP) is 3.57. The Hall–Kier alpha value is -1.56. The van der Waals surface area contributed by atoms with Gasteiger partial charge in [0.25, 0.3) is 0 Å². The van der Waals surface area contributed by atoms with Gasteiger partial charge in [-0.25, -0.2) is 4.39 Å². The Morgan fingerprint density at radius 1 is 1.28 bits per heavy atom. The van der Waals surface area contributed by atoms with Crippen LogP contribution in [0.15, 0.2) is 18.2 Å². The standard InChI is InChI=1S/C15H19FN2/c1-11(2)13-3-5-18(6-4-13)15-8-12(10-17)7-14(16)9-15/h7-9,11,13H,3-6H2,1-2H3. The molecule has 2 nitrogen and oxygen atoms in total. The lowest BCUT2D eigenvalue weighted by molar-refractivity contribution is 0.311. The maximum Gasteiger partial charge on any atom is 0.126 e. The van der Waals surface area contributed by atoms with Crippen LogP contribution in [0.25, 0.3) is 0 Å². The molecule has 18 heavy (non-hydrogen) atoms. The van der Waals surface area contributed by atoms with Crippen molar-refractivity contribution >= 4 is 5.69 Å². The number of nitriles is 1. The van der Waals surface area contributed by atoms with Gasteiger partial charge in [0.05, 0.1) is 11.6 Å². The lowest BCUT2D eigenvalue weighted by Crippen LogP contribution is -2.35. The van der Waals surface area contributed by atoms with E-state index in [1.165, 1.54) is 12.1 Å². The van der Waals surface area contributed by atoms with E-state index in [1.807, 2.05) is 6.07 Å². The summed E-state index contributed by atoms with van der Waals surface area (Å²) >= 11 is 0. The molecule has 0 atom stereocenters. The van der Waals surface area contributed by atoms with Crippen molar-refractivity contribution in [3.8, 4) is 6.07 Å². The molecular formula is C15H19FN2. The van der Waals surface area contributed by atoms with E-state index in [4.69, 9.17) is 5.26 Å². The van der Waals surface area contributed by atoms with E-state index in [0.717, 1.165) is 37.5 Å². The highest BCUT2D eigenvalue weighted by Crippen LogP contribution is 2.28. The monoisotopic (exact) mass is 246 g/mol. The van der Waals surface area contributed by atoms with E-state index in [9.17, 15) is 4.39 Å². The van der Waals surface area contributed by atoms with Crippen molar-refractivity contribution < 1.29 is 4.39 Å². The van der Waals surface area contributed by atoms with Gasteiger partial charge < -0.3 is 4.90 Å². The molecule has 0 bridgehead atoms. The van der Waals surface area contributed by atoms with Gasteiger partial charge in [0.1, 0.15) is 5.82 Å². The maximum absolute atomic E-state index is 13.4. The van der Waals surface area contributed by atoms with Crippen molar-refractivity contribution in [2.75, 3.05) is 18.0 Å². The Labute approximate surface area is 108 Å². The van der Waals surface area contributed by atoms with Crippen molar-refractivity contribution in [2.45, 2.75) is 26.7 Å². The van der Waals surface area contributed by atoms with Gasteiger partial charge in [-0.3, -0.25) is 0 Å². The Bertz CT molecular complexity index is 454. The van der Waals surface area contributed by atoms with Gasteiger partial charge in [0, 0.05) is 18.8 Å². The van der Waals surface area contributed by atoms with E-state index >= 15 is 0 Å². The number of benzene rings is 1. The van der Waals surface area contributed by atoms with E-state index in [0.29, 0.717) is 11.5 Å². The van der Waals surface area contributed by atoms with Gasteiger partial charge in [-0.15, -0.1) is 0 Å². The number of hydrogen-bond donors (Lipinski definition) is 0. The minimum Gasteiger partial charge on any atom is -0.371 e. The zero-order valence-corrected chi connectivity index (χ0v) is 11.0. The van der Waals surface area contributed by atoms with E-state index in [-0.39, 0.29) is 5.82 Å². The number of hydrogen-bond acceptors (Lipinski definition) is 2. The van der Waals surface area contributed by atoms with Crippen molar-refractivity contribution in [3.05, 3.63) is 29.6 Å². The van der Waals surface area contributed by atoms with E-state index in [1.54, 1.807) is 6.07 Å². The summed E-state index contributed by atoms with van der Waals surface area (Å²) < 4.78 is 13.4. The summed E-state index contributed by atoms with van der Waals surface area (Å²) in [6, 6.07) is 6.59. The summed E-state index contributed by atoms with van der Waals surface area (Å²) in [5, 5.41) is 8.86. The fourth-order valence-corrected chi connectivity index (χ4v) is 2.65. The number of piperidine rings is 1. The highest BCUT2D eigenvalue weighted by Gasteiger charge is 2.22. The highest BCUT2D eigenvalue weighted by atomic mass is 19.1. The third-order valence-electron chi connectivity index (χ3n) is 3.86. The number of nitrogens with zero attached hydrogens (tertiary/aromatic N) is 2. The van der Waals surface area contributed by atoms with Crippen LogP contribution in [0, 0.1) is 29.0 Å². The smallest absolute Gasteiger partial charge is 0.126 e. The van der Waals surface area contributed by atoms with Gasteiger partial charge in [-0.2, -0.15) is 5.26 Å². The van der Waals surface area contributed by atoms with Crippen LogP contribution in [-0.2, 0) is 0 Å². The first-order valence-electron chi connectivity index (χ1n) is 6.56. The molecule has 0 saturated carbocycles. The maximum atomic E-state index is 13.4. The van der Waals surface area contributed by atoms with E-state index < -0.39 is 0 Å². The molecule has 0 aliphatic carbocycles. The fraction of sp³-hybridized carbons (Fsp3) is 0.533. The van der Waals surface area contributed by atoms with Gasteiger partial charge in [0.2, 0.25) is 0 Å². The first kappa shape index (κ1) is 12.9. The Kier molecular flexibility index (Phi) is 3.86. The molecule has 2 rings (SSSR count). The van der Waals surface area contributed by atoms with Crippen LogP contribution in [0.5, 0.6) is 0 Å². The molecule has 0 aromatic heterocycles. The first-order valence-corrected chi connectivity index (χ1v) is 6.56. The molecule has 3 heteroatoms. The lowest BCUT2D eigenvalue weighted by atomic mass is 9.86. The molecule has 1 aliphatic heterocycles. The minimum atomic E-state index is -0.324. The molecule has 1 aromatic carbocycles. The van der Waals surface area contributed by atoms with Gasteiger partial charge >= 0.3 is 0 Å².